The molecule has 1 aliphatic heterocycles. The summed E-state index contributed by atoms with van der Waals surface area (Å²) in [4.78, 5) is 13.4. The van der Waals surface area contributed by atoms with Crippen molar-refractivity contribution in [2.75, 3.05) is 18.5 Å². The maximum absolute atomic E-state index is 12.5. The van der Waals surface area contributed by atoms with E-state index in [0.717, 1.165) is 17.1 Å². The molecule has 2 aromatic rings. The zero-order chi connectivity index (χ0) is 17.8. The predicted molar refractivity (Wildman–Crippen MR) is 102 cm³/mol. The Balaban J connectivity index is 1.68. The van der Waals surface area contributed by atoms with E-state index < -0.39 is 0 Å². The number of carbonyl (C=O) groups is 1. The van der Waals surface area contributed by atoms with Gasteiger partial charge in [-0.25, -0.2) is 0 Å². The van der Waals surface area contributed by atoms with Crippen LogP contribution in [0, 0.1) is 0 Å². The number of carbonyl (C=O) groups excluding carboxylic acids is 1. The van der Waals surface area contributed by atoms with Crippen molar-refractivity contribution < 1.29 is 14.3 Å². The number of thioether (sulfide) groups is 1. The number of benzene rings is 2. The molecule has 132 valence electrons. The second-order valence-corrected chi connectivity index (χ2v) is 7.73. The van der Waals surface area contributed by atoms with Crippen LogP contribution in [0.15, 0.2) is 41.3 Å². The molecule has 0 radical (unpaired) electrons. The van der Waals surface area contributed by atoms with E-state index in [2.05, 4.69) is 5.32 Å². The SMILES string of the molecule is C[C@@H](Sc1ccc2c(c1)OCCCO2)C(=O)Nc1c(Cl)cccc1Cl. The summed E-state index contributed by atoms with van der Waals surface area (Å²) >= 11 is 13.6. The van der Waals surface area contributed by atoms with Crippen molar-refractivity contribution in [3.05, 3.63) is 46.4 Å². The standard InChI is InChI=1S/C18H17Cl2NO3S/c1-11(18(22)21-17-13(19)4-2-5-14(17)20)25-12-6-7-15-16(10-12)24-9-3-8-23-15/h2,4-7,10-11H,3,8-9H2,1H3,(H,21,22)/t11-/m1/s1. The van der Waals surface area contributed by atoms with Crippen molar-refractivity contribution in [3.63, 3.8) is 0 Å². The van der Waals surface area contributed by atoms with Gasteiger partial charge in [-0.05, 0) is 37.3 Å². The lowest BCUT2D eigenvalue weighted by Crippen LogP contribution is -2.22. The predicted octanol–water partition coefficient (Wildman–Crippen LogP) is 5.27. The first-order valence-corrected chi connectivity index (χ1v) is 9.49. The number of rotatable bonds is 4. The summed E-state index contributed by atoms with van der Waals surface area (Å²) in [5.74, 6) is 1.28. The first-order valence-electron chi connectivity index (χ1n) is 7.86. The maximum Gasteiger partial charge on any atom is 0.237 e. The molecular weight excluding hydrogens is 381 g/mol. The molecule has 0 aliphatic carbocycles. The van der Waals surface area contributed by atoms with Crippen LogP contribution in [0.4, 0.5) is 5.69 Å². The Bertz CT molecular complexity index is 765. The van der Waals surface area contributed by atoms with Gasteiger partial charge < -0.3 is 14.8 Å². The van der Waals surface area contributed by atoms with Crippen LogP contribution in [0.1, 0.15) is 13.3 Å². The van der Waals surface area contributed by atoms with Crippen LogP contribution in [0.5, 0.6) is 11.5 Å². The zero-order valence-corrected chi connectivity index (χ0v) is 15.9. The van der Waals surface area contributed by atoms with Crippen LogP contribution in [-0.2, 0) is 4.79 Å². The first-order chi connectivity index (χ1) is 12.0. The van der Waals surface area contributed by atoms with Gasteiger partial charge in [0.2, 0.25) is 5.91 Å². The van der Waals surface area contributed by atoms with Gasteiger partial charge in [0, 0.05) is 11.3 Å². The third kappa shape index (κ3) is 4.54. The Hall–Kier alpha value is -1.56. The summed E-state index contributed by atoms with van der Waals surface area (Å²) in [5, 5.41) is 3.28. The monoisotopic (exact) mass is 397 g/mol. The van der Waals surface area contributed by atoms with Crippen molar-refractivity contribution >= 4 is 46.6 Å². The lowest BCUT2D eigenvalue weighted by Gasteiger charge is -2.15. The Morgan fingerprint density at radius 3 is 2.52 bits per heavy atom. The highest BCUT2D eigenvalue weighted by Gasteiger charge is 2.19. The van der Waals surface area contributed by atoms with Crippen molar-refractivity contribution in [1.29, 1.82) is 0 Å². The fraction of sp³-hybridized carbons (Fsp3) is 0.278. The molecule has 0 aromatic heterocycles. The van der Waals surface area contributed by atoms with Crippen LogP contribution in [0.2, 0.25) is 10.0 Å². The molecule has 0 unspecified atom stereocenters. The number of ether oxygens (including phenoxy) is 2. The number of para-hydroxylation sites is 1. The molecule has 25 heavy (non-hydrogen) atoms. The average Bonchev–Trinajstić information content (AvgIpc) is 2.83. The molecule has 1 amide bonds. The van der Waals surface area contributed by atoms with Gasteiger partial charge in [0.15, 0.2) is 11.5 Å². The number of amides is 1. The van der Waals surface area contributed by atoms with Crippen LogP contribution in [0.25, 0.3) is 0 Å². The van der Waals surface area contributed by atoms with Gasteiger partial charge in [-0.1, -0.05) is 29.3 Å². The number of hydrogen-bond donors (Lipinski definition) is 1. The lowest BCUT2D eigenvalue weighted by molar-refractivity contribution is -0.115. The van der Waals surface area contributed by atoms with E-state index >= 15 is 0 Å². The topological polar surface area (TPSA) is 47.6 Å². The number of nitrogens with one attached hydrogen (secondary N) is 1. The highest BCUT2D eigenvalue weighted by Crippen LogP contribution is 2.36. The minimum atomic E-state index is -0.336. The molecule has 0 saturated heterocycles. The normalized spacial score (nSPS) is 14.5. The quantitative estimate of drug-likeness (QED) is 0.713. The second-order valence-electron chi connectivity index (χ2n) is 5.51. The van der Waals surface area contributed by atoms with E-state index in [-0.39, 0.29) is 11.2 Å². The minimum Gasteiger partial charge on any atom is -0.490 e. The van der Waals surface area contributed by atoms with Gasteiger partial charge in [-0.15, -0.1) is 11.8 Å². The Kier molecular flexibility index (Phi) is 5.99. The number of hydrogen-bond acceptors (Lipinski definition) is 4. The summed E-state index contributed by atoms with van der Waals surface area (Å²) in [6, 6.07) is 10.8. The molecule has 0 spiro atoms. The molecule has 2 aromatic carbocycles. The van der Waals surface area contributed by atoms with Gasteiger partial charge in [0.25, 0.3) is 0 Å². The van der Waals surface area contributed by atoms with Crippen LogP contribution < -0.4 is 14.8 Å². The Morgan fingerprint density at radius 1 is 1.12 bits per heavy atom. The number of fused-ring (bicyclic) bond motifs is 1. The van der Waals surface area contributed by atoms with Crippen molar-refractivity contribution in [2.45, 2.75) is 23.5 Å². The van der Waals surface area contributed by atoms with E-state index in [0.29, 0.717) is 34.7 Å². The van der Waals surface area contributed by atoms with Gasteiger partial charge in [-0.3, -0.25) is 4.79 Å². The van der Waals surface area contributed by atoms with Crippen LogP contribution in [0.3, 0.4) is 0 Å². The molecule has 1 heterocycles. The first kappa shape index (κ1) is 18.2. The van der Waals surface area contributed by atoms with Gasteiger partial charge >= 0.3 is 0 Å². The lowest BCUT2D eigenvalue weighted by atomic mass is 10.3. The maximum atomic E-state index is 12.5. The molecule has 3 rings (SSSR count). The van der Waals surface area contributed by atoms with Gasteiger partial charge in [0.1, 0.15) is 0 Å². The fourth-order valence-electron chi connectivity index (χ4n) is 2.32. The minimum absolute atomic E-state index is 0.174. The summed E-state index contributed by atoms with van der Waals surface area (Å²) in [5.41, 5.74) is 0.432. The fourth-order valence-corrected chi connectivity index (χ4v) is 3.70. The highest BCUT2D eigenvalue weighted by atomic mass is 35.5. The van der Waals surface area contributed by atoms with Crippen LogP contribution in [-0.4, -0.2) is 24.4 Å². The molecule has 4 nitrogen and oxygen atoms in total. The van der Waals surface area contributed by atoms with E-state index in [1.54, 1.807) is 18.2 Å². The van der Waals surface area contributed by atoms with Gasteiger partial charge in [-0.2, -0.15) is 0 Å². The summed E-state index contributed by atoms with van der Waals surface area (Å²) < 4.78 is 11.3. The molecule has 1 aliphatic rings. The molecule has 1 N–H and O–H groups in total. The largest absolute Gasteiger partial charge is 0.490 e. The highest BCUT2D eigenvalue weighted by molar-refractivity contribution is 8.00. The molecule has 0 fully saturated rings. The molecule has 0 bridgehead atoms. The van der Waals surface area contributed by atoms with E-state index in [9.17, 15) is 4.79 Å². The molecule has 7 heteroatoms. The van der Waals surface area contributed by atoms with E-state index in [1.165, 1.54) is 11.8 Å². The molecule has 1 atom stereocenters. The van der Waals surface area contributed by atoms with Crippen molar-refractivity contribution in [1.82, 2.24) is 0 Å². The number of halogens is 2. The second kappa shape index (κ2) is 8.21. The number of anilines is 1. The smallest absolute Gasteiger partial charge is 0.237 e. The van der Waals surface area contributed by atoms with E-state index in [4.69, 9.17) is 32.7 Å². The van der Waals surface area contributed by atoms with Crippen molar-refractivity contribution in [3.8, 4) is 11.5 Å². The van der Waals surface area contributed by atoms with Gasteiger partial charge in [0.05, 0.1) is 34.2 Å². The molecule has 0 saturated carbocycles. The zero-order valence-electron chi connectivity index (χ0n) is 13.6. The molecular formula is C18H17Cl2NO3S. The average molecular weight is 398 g/mol. The summed E-state index contributed by atoms with van der Waals surface area (Å²) in [7, 11) is 0. The summed E-state index contributed by atoms with van der Waals surface area (Å²) in [6.07, 6.45) is 0.856. The van der Waals surface area contributed by atoms with E-state index in [1.807, 2.05) is 25.1 Å². The Labute approximate surface area is 160 Å². The van der Waals surface area contributed by atoms with Crippen LogP contribution >= 0.6 is 35.0 Å². The third-order valence-electron chi connectivity index (χ3n) is 3.61. The Morgan fingerprint density at radius 2 is 1.80 bits per heavy atom. The van der Waals surface area contributed by atoms with Crippen molar-refractivity contribution in [2.24, 2.45) is 0 Å². The third-order valence-corrected chi connectivity index (χ3v) is 5.34. The summed E-state index contributed by atoms with van der Waals surface area (Å²) in [6.45, 7) is 3.10.